The predicted molar refractivity (Wildman–Crippen MR) is 69.9 cm³/mol. The standard InChI is InChI=1S/C13H18FN3O2/c1-2-17(10-3-4-10)6-5-15-12-11(13(18)19)7-9(14)8-16-12/h7-8,10H,2-6H2,1H3,(H,15,16)(H,18,19). The molecule has 0 unspecified atom stereocenters. The maximum atomic E-state index is 13.0. The van der Waals surface area contributed by atoms with Crippen molar-refractivity contribution >= 4 is 11.8 Å². The fraction of sp³-hybridized carbons (Fsp3) is 0.538. The van der Waals surface area contributed by atoms with Gasteiger partial charge >= 0.3 is 5.97 Å². The second-order valence-corrected chi connectivity index (χ2v) is 4.64. The molecule has 0 spiro atoms. The Morgan fingerprint density at radius 1 is 1.63 bits per heavy atom. The number of aromatic carboxylic acids is 1. The SMILES string of the molecule is CCN(CCNc1ncc(F)cc1C(=O)O)C1CC1. The monoisotopic (exact) mass is 267 g/mol. The number of anilines is 1. The molecule has 1 aliphatic carbocycles. The number of hydrogen-bond acceptors (Lipinski definition) is 4. The molecule has 104 valence electrons. The lowest BCUT2D eigenvalue weighted by atomic mass is 10.2. The van der Waals surface area contributed by atoms with Gasteiger partial charge in [0.15, 0.2) is 0 Å². The normalized spacial score (nSPS) is 14.7. The van der Waals surface area contributed by atoms with Gasteiger partial charge in [0.1, 0.15) is 17.2 Å². The summed E-state index contributed by atoms with van der Waals surface area (Å²) in [4.78, 5) is 17.1. The summed E-state index contributed by atoms with van der Waals surface area (Å²) < 4.78 is 13.0. The van der Waals surface area contributed by atoms with Gasteiger partial charge in [-0.15, -0.1) is 0 Å². The van der Waals surface area contributed by atoms with E-state index in [2.05, 4.69) is 22.1 Å². The van der Waals surface area contributed by atoms with Crippen molar-refractivity contribution in [3.05, 3.63) is 23.6 Å². The summed E-state index contributed by atoms with van der Waals surface area (Å²) in [5.41, 5.74) is -0.130. The molecule has 2 N–H and O–H groups in total. The molecule has 2 rings (SSSR count). The minimum absolute atomic E-state index is 0.130. The molecule has 0 atom stereocenters. The number of carboxylic acid groups (broad SMARTS) is 1. The molecule has 19 heavy (non-hydrogen) atoms. The molecule has 1 heterocycles. The van der Waals surface area contributed by atoms with Crippen molar-refractivity contribution in [1.29, 1.82) is 0 Å². The summed E-state index contributed by atoms with van der Waals surface area (Å²) in [5, 5.41) is 12.0. The Hall–Kier alpha value is -1.69. The maximum Gasteiger partial charge on any atom is 0.339 e. The Balaban J connectivity index is 1.93. The van der Waals surface area contributed by atoms with Crippen molar-refractivity contribution in [3.8, 4) is 0 Å². The Morgan fingerprint density at radius 2 is 2.37 bits per heavy atom. The Labute approximate surface area is 111 Å². The van der Waals surface area contributed by atoms with Crippen LogP contribution in [0.1, 0.15) is 30.1 Å². The van der Waals surface area contributed by atoms with Gasteiger partial charge in [0.25, 0.3) is 0 Å². The third-order valence-electron chi connectivity index (χ3n) is 3.25. The highest BCUT2D eigenvalue weighted by atomic mass is 19.1. The molecule has 5 nitrogen and oxygen atoms in total. The largest absolute Gasteiger partial charge is 0.478 e. The van der Waals surface area contributed by atoms with Crippen LogP contribution in [0.4, 0.5) is 10.2 Å². The van der Waals surface area contributed by atoms with Gasteiger partial charge in [-0.05, 0) is 25.5 Å². The molecular weight excluding hydrogens is 249 g/mol. The van der Waals surface area contributed by atoms with Crippen LogP contribution in [0.15, 0.2) is 12.3 Å². The van der Waals surface area contributed by atoms with Gasteiger partial charge in [0.05, 0.1) is 6.20 Å². The average Bonchev–Trinajstić information content (AvgIpc) is 3.20. The third kappa shape index (κ3) is 3.64. The summed E-state index contributed by atoms with van der Waals surface area (Å²) in [6.07, 6.45) is 3.50. The number of rotatable bonds is 7. The van der Waals surface area contributed by atoms with Crippen molar-refractivity contribution < 1.29 is 14.3 Å². The zero-order valence-corrected chi connectivity index (χ0v) is 10.9. The Bertz CT molecular complexity index is 463. The summed E-state index contributed by atoms with van der Waals surface area (Å²) in [6, 6.07) is 1.66. The van der Waals surface area contributed by atoms with Crippen molar-refractivity contribution in [2.24, 2.45) is 0 Å². The molecular formula is C13H18FN3O2. The van der Waals surface area contributed by atoms with E-state index in [1.54, 1.807) is 0 Å². The van der Waals surface area contributed by atoms with Crippen LogP contribution >= 0.6 is 0 Å². The number of pyridine rings is 1. The third-order valence-corrected chi connectivity index (χ3v) is 3.25. The molecule has 1 saturated carbocycles. The lowest BCUT2D eigenvalue weighted by molar-refractivity contribution is 0.0697. The predicted octanol–water partition coefficient (Wildman–Crippen LogP) is 1.82. The van der Waals surface area contributed by atoms with Gasteiger partial charge < -0.3 is 10.4 Å². The smallest absolute Gasteiger partial charge is 0.339 e. The first-order valence-corrected chi connectivity index (χ1v) is 6.48. The lowest BCUT2D eigenvalue weighted by Crippen LogP contribution is -2.31. The molecule has 0 saturated heterocycles. The summed E-state index contributed by atoms with van der Waals surface area (Å²) in [5.74, 6) is -1.60. The molecule has 0 bridgehead atoms. The zero-order chi connectivity index (χ0) is 13.8. The van der Waals surface area contributed by atoms with Crippen LogP contribution in [0.3, 0.4) is 0 Å². The highest BCUT2D eigenvalue weighted by molar-refractivity contribution is 5.93. The van der Waals surface area contributed by atoms with Gasteiger partial charge in [-0.1, -0.05) is 6.92 Å². The molecule has 0 aromatic carbocycles. The van der Waals surface area contributed by atoms with Gasteiger partial charge in [0.2, 0.25) is 0 Å². The van der Waals surface area contributed by atoms with E-state index in [1.165, 1.54) is 12.8 Å². The maximum absolute atomic E-state index is 13.0. The molecule has 0 amide bonds. The van der Waals surface area contributed by atoms with Crippen molar-refractivity contribution in [2.75, 3.05) is 25.0 Å². The first kappa shape index (κ1) is 13.7. The van der Waals surface area contributed by atoms with Crippen LogP contribution in [0.25, 0.3) is 0 Å². The van der Waals surface area contributed by atoms with Crippen LogP contribution in [-0.2, 0) is 0 Å². The van der Waals surface area contributed by atoms with Crippen LogP contribution in [0.5, 0.6) is 0 Å². The minimum Gasteiger partial charge on any atom is -0.478 e. The number of aromatic nitrogens is 1. The number of hydrogen-bond donors (Lipinski definition) is 2. The number of halogens is 1. The second kappa shape index (κ2) is 5.97. The average molecular weight is 267 g/mol. The summed E-state index contributed by atoms with van der Waals surface area (Å²) in [6.45, 7) is 4.52. The van der Waals surface area contributed by atoms with E-state index >= 15 is 0 Å². The molecule has 1 aliphatic rings. The number of likely N-dealkylation sites (N-methyl/N-ethyl adjacent to an activating group) is 1. The fourth-order valence-electron chi connectivity index (χ4n) is 2.10. The Kier molecular flexibility index (Phi) is 4.31. The highest BCUT2D eigenvalue weighted by Crippen LogP contribution is 2.26. The van der Waals surface area contributed by atoms with Crippen LogP contribution in [0, 0.1) is 5.82 Å². The molecule has 0 radical (unpaired) electrons. The van der Waals surface area contributed by atoms with Crippen molar-refractivity contribution in [1.82, 2.24) is 9.88 Å². The van der Waals surface area contributed by atoms with Crippen LogP contribution in [-0.4, -0.2) is 46.6 Å². The molecule has 6 heteroatoms. The van der Waals surface area contributed by atoms with E-state index in [0.717, 1.165) is 25.4 Å². The topological polar surface area (TPSA) is 65.5 Å². The highest BCUT2D eigenvalue weighted by Gasteiger charge is 2.27. The van der Waals surface area contributed by atoms with Crippen molar-refractivity contribution in [2.45, 2.75) is 25.8 Å². The van der Waals surface area contributed by atoms with E-state index in [-0.39, 0.29) is 11.4 Å². The molecule has 1 aromatic heterocycles. The van der Waals surface area contributed by atoms with Gasteiger partial charge in [-0.25, -0.2) is 14.2 Å². The number of nitrogens with zero attached hydrogens (tertiary/aromatic N) is 2. The summed E-state index contributed by atoms with van der Waals surface area (Å²) >= 11 is 0. The minimum atomic E-state index is -1.18. The lowest BCUT2D eigenvalue weighted by Gasteiger charge is -2.20. The van der Waals surface area contributed by atoms with Crippen LogP contribution < -0.4 is 5.32 Å². The number of carboxylic acids is 1. The van der Waals surface area contributed by atoms with Crippen molar-refractivity contribution in [3.63, 3.8) is 0 Å². The van der Waals surface area contributed by atoms with E-state index in [9.17, 15) is 9.18 Å². The van der Waals surface area contributed by atoms with E-state index < -0.39 is 11.8 Å². The van der Waals surface area contributed by atoms with E-state index in [4.69, 9.17) is 5.11 Å². The van der Waals surface area contributed by atoms with E-state index in [1.807, 2.05) is 0 Å². The molecule has 1 fully saturated rings. The van der Waals surface area contributed by atoms with Crippen LogP contribution in [0.2, 0.25) is 0 Å². The number of nitrogens with one attached hydrogen (secondary N) is 1. The van der Waals surface area contributed by atoms with Gasteiger partial charge in [0, 0.05) is 19.1 Å². The Morgan fingerprint density at radius 3 is 2.95 bits per heavy atom. The zero-order valence-electron chi connectivity index (χ0n) is 10.9. The van der Waals surface area contributed by atoms with Gasteiger partial charge in [-0.2, -0.15) is 0 Å². The van der Waals surface area contributed by atoms with Gasteiger partial charge in [-0.3, -0.25) is 4.90 Å². The fourth-order valence-corrected chi connectivity index (χ4v) is 2.10. The number of carbonyl (C=O) groups is 1. The quantitative estimate of drug-likeness (QED) is 0.789. The molecule has 1 aromatic rings. The first-order chi connectivity index (χ1) is 9.11. The van der Waals surface area contributed by atoms with E-state index in [0.29, 0.717) is 12.6 Å². The summed E-state index contributed by atoms with van der Waals surface area (Å²) in [7, 11) is 0. The second-order valence-electron chi connectivity index (χ2n) is 4.64. The molecule has 0 aliphatic heterocycles. The first-order valence-electron chi connectivity index (χ1n) is 6.48.